The molecule has 1 aliphatic rings. The van der Waals surface area contributed by atoms with Gasteiger partial charge < -0.3 is 4.90 Å². The van der Waals surface area contributed by atoms with Crippen molar-refractivity contribution in [3.63, 3.8) is 0 Å². The van der Waals surface area contributed by atoms with Gasteiger partial charge in [0.2, 0.25) is 0 Å². The number of rotatable bonds is 2. The Balaban J connectivity index is 1.97. The van der Waals surface area contributed by atoms with E-state index in [9.17, 15) is 4.79 Å². The highest BCUT2D eigenvalue weighted by Gasteiger charge is 2.26. The molecule has 1 fully saturated rings. The summed E-state index contributed by atoms with van der Waals surface area (Å²) in [7, 11) is 0. The lowest BCUT2D eigenvalue weighted by Gasteiger charge is -2.42. The standard InChI is InChI=1S/C13H20N2OS/c1-13(2,3)15-8-6-14(7-9-15)12-5-4-11(10-16)17-12/h4-5,10H,6-9H2,1-3H3. The third-order valence-electron chi connectivity index (χ3n) is 3.27. The van der Waals surface area contributed by atoms with Crippen LogP contribution in [0.25, 0.3) is 0 Å². The number of hydrogen-bond donors (Lipinski definition) is 0. The third kappa shape index (κ3) is 2.87. The average Bonchev–Trinajstić information content (AvgIpc) is 2.76. The van der Waals surface area contributed by atoms with Crippen molar-refractivity contribution in [2.75, 3.05) is 31.1 Å². The third-order valence-corrected chi connectivity index (χ3v) is 4.34. The molecule has 2 heterocycles. The smallest absolute Gasteiger partial charge is 0.160 e. The quantitative estimate of drug-likeness (QED) is 0.756. The maximum absolute atomic E-state index is 10.7. The Morgan fingerprint density at radius 2 is 1.82 bits per heavy atom. The largest absolute Gasteiger partial charge is 0.361 e. The first kappa shape index (κ1) is 12.6. The minimum absolute atomic E-state index is 0.259. The predicted molar refractivity (Wildman–Crippen MR) is 73.2 cm³/mol. The lowest BCUT2D eigenvalue weighted by Crippen LogP contribution is -2.53. The van der Waals surface area contributed by atoms with Gasteiger partial charge in [0.05, 0.1) is 9.88 Å². The Morgan fingerprint density at radius 1 is 1.18 bits per heavy atom. The van der Waals surface area contributed by atoms with Crippen molar-refractivity contribution >= 4 is 22.6 Å². The monoisotopic (exact) mass is 252 g/mol. The molecule has 0 atom stereocenters. The normalized spacial score (nSPS) is 18.4. The SMILES string of the molecule is CC(C)(C)N1CCN(c2ccc(C=O)s2)CC1. The Labute approximate surface area is 107 Å². The van der Waals surface area contributed by atoms with E-state index in [-0.39, 0.29) is 5.54 Å². The van der Waals surface area contributed by atoms with Crippen molar-refractivity contribution in [2.45, 2.75) is 26.3 Å². The van der Waals surface area contributed by atoms with Gasteiger partial charge in [-0.15, -0.1) is 11.3 Å². The van der Waals surface area contributed by atoms with E-state index in [1.54, 1.807) is 11.3 Å². The molecule has 0 spiro atoms. The first-order chi connectivity index (χ1) is 8.00. The summed E-state index contributed by atoms with van der Waals surface area (Å²) < 4.78 is 0. The molecule has 3 nitrogen and oxygen atoms in total. The lowest BCUT2D eigenvalue weighted by molar-refractivity contribution is 0.112. The van der Waals surface area contributed by atoms with E-state index in [0.29, 0.717) is 0 Å². The van der Waals surface area contributed by atoms with Gasteiger partial charge in [0.1, 0.15) is 0 Å². The maximum Gasteiger partial charge on any atom is 0.160 e. The van der Waals surface area contributed by atoms with E-state index in [2.05, 4.69) is 36.6 Å². The van der Waals surface area contributed by atoms with Crippen LogP contribution in [0.3, 0.4) is 0 Å². The van der Waals surface area contributed by atoms with Crippen LogP contribution in [0, 0.1) is 0 Å². The van der Waals surface area contributed by atoms with Crippen molar-refractivity contribution in [2.24, 2.45) is 0 Å². The first-order valence-corrected chi connectivity index (χ1v) is 6.87. The summed E-state index contributed by atoms with van der Waals surface area (Å²) in [6.45, 7) is 11.1. The fourth-order valence-electron chi connectivity index (χ4n) is 2.17. The maximum atomic E-state index is 10.7. The average molecular weight is 252 g/mol. The van der Waals surface area contributed by atoms with E-state index in [0.717, 1.165) is 37.3 Å². The molecule has 2 rings (SSSR count). The fourth-order valence-corrected chi connectivity index (χ4v) is 3.05. The fraction of sp³-hybridized carbons (Fsp3) is 0.615. The summed E-state index contributed by atoms with van der Waals surface area (Å²) >= 11 is 1.59. The van der Waals surface area contributed by atoms with Gasteiger partial charge in [-0.25, -0.2) is 0 Å². The summed E-state index contributed by atoms with van der Waals surface area (Å²) in [5.74, 6) is 0. The molecule has 0 amide bonds. The molecule has 0 aliphatic carbocycles. The van der Waals surface area contributed by atoms with Crippen LogP contribution in [-0.4, -0.2) is 42.9 Å². The van der Waals surface area contributed by atoms with Crippen LogP contribution >= 0.6 is 11.3 Å². The van der Waals surface area contributed by atoms with Crippen LogP contribution in [-0.2, 0) is 0 Å². The van der Waals surface area contributed by atoms with Gasteiger partial charge in [-0.3, -0.25) is 9.69 Å². The Morgan fingerprint density at radius 3 is 2.29 bits per heavy atom. The number of carbonyl (C=O) groups is 1. The molecular weight excluding hydrogens is 232 g/mol. The van der Waals surface area contributed by atoms with Gasteiger partial charge >= 0.3 is 0 Å². The van der Waals surface area contributed by atoms with Gasteiger partial charge in [-0.2, -0.15) is 0 Å². The van der Waals surface area contributed by atoms with Crippen LogP contribution < -0.4 is 4.90 Å². The molecule has 94 valence electrons. The number of anilines is 1. The molecule has 4 heteroatoms. The van der Waals surface area contributed by atoms with Crippen LogP contribution in [0.4, 0.5) is 5.00 Å². The number of carbonyl (C=O) groups excluding carboxylic acids is 1. The van der Waals surface area contributed by atoms with Crippen LogP contribution in [0.5, 0.6) is 0 Å². The second-order valence-electron chi connectivity index (χ2n) is 5.44. The molecule has 1 aromatic heterocycles. The summed E-state index contributed by atoms with van der Waals surface area (Å²) in [5.41, 5.74) is 0.259. The molecule has 17 heavy (non-hydrogen) atoms. The summed E-state index contributed by atoms with van der Waals surface area (Å²) in [5, 5.41) is 1.22. The molecule has 0 bridgehead atoms. The van der Waals surface area contributed by atoms with Crippen LogP contribution in [0.15, 0.2) is 12.1 Å². The number of nitrogens with zero attached hydrogens (tertiary/aromatic N) is 2. The van der Waals surface area contributed by atoms with Crippen LogP contribution in [0.2, 0.25) is 0 Å². The summed E-state index contributed by atoms with van der Waals surface area (Å²) in [6.07, 6.45) is 0.930. The second kappa shape index (κ2) is 4.78. The molecule has 1 aromatic rings. The molecule has 0 N–H and O–H groups in total. The Kier molecular flexibility index (Phi) is 3.54. The van der Waals surface area contributed by atoms with Gasteiger partial charge in [-0.05, 0) is 32.9 Å². The van der Waals surface area contributed by atoms with Gasteiger partial charge in [0.25, 0.3) is 0 Å². The topological polar surface area (TPSA) is 23.6 Å². The highest BCUT2D eigenvalue weighted by atomic mass is 32.1. The van der Waals surface area contributed by atoms with Gasteiger partial charge in [-0.1, -0.05) is 0 Å². The molecule has 0 unspecified atom stereocenters. The van der Waals surface area contributed by atoms with E-state index in [1.807, 2.05) is 6.07 Å². The van der Waals surface area contributed by atoms with Gasteiger partial charge in [0, 0.05) is 31.7 Å². The highest BCUT2D eigenvalue weighted by Crippen LogP contribution is 2.27. The molecule has 0 aromatic carbocycles. The zero-order valence-electron chi connectivity index (χ0n) is 10.8. The van der Waals surface area contributed by atoms with Crippen molar-refractivity contribution < 1.29 is 4.79 Å². The van der Waals surface area contributed by atoms with E-state index in [1.165, 1.54) is 5.00 Å². The zero-order valence-corrected chi connectivity index (χ0v) is 11.6. The van der Waals surface area contributed by atoms with Crippen molar-refractivity contribution in [3.05, 3.63) is 17.0 Å². The van der Waals surface area contributed by atoms with Crippen LogP contribution in [0.1, 0.15) is 30.4 Å². The van der Waals surface area contributed by atoms with E-state index < -0.39 is 0 Å². The van der Waals surface area contributed by atoms with E-state index >= 15 is 0 Å². The number of aldehydes is 1. The molecular formula is C13H20N2OS. The number of thiophene rings is 1. The van der Waals surface area contributed by atoms with E-state index in [4.69, 9.17) is 0 Å². The summed E-state index contributed by atoms with van der Waals surface area (Å²) in [4.78, 5) is 16.4. The number of piperazine rings is 1. The zero-order chi connectivity index (χ0) is 12.5. The molecule has 1 saturated heterocycles. The molecule has 0 saturated carbocycles. The first-order valence-electron chi connectivity index (χ1n) is 6.06. The molecule has 1 aliphatic heterocycles. The van der Waals surface area contributed by atoms with Crippen molar-refractivity contribution in [1.29, 1.82) is 0 Å². The van der Waals surface area contributed by atoms with Gasteiger partial charge in [0.15, 0.2) is 6.29 Å². The highest BCUT2D eigenvalue weighted by molar-refractivity contribution is 7.17. The summed E-state index contributed by atoms with van der Waals surface area (Å²) in [6, 6.07) is 3.96. The Bertz CT molecular complexity index is 386. The number of hydrogen-bond acceptors (Lipinski definition) is 4. The van der Waals surface area contributed by atoms with Crippen molar-refractivity contribution in [1.82, 2.24) is 4.90 Å². The second-order valence-corrected chi connectivity index (χ2v) is 6.53. The minimum atomic E-state index is 0.259. The Hall–Kier alpha value is -0.870. The lowest BCUT2D eigenvalue weighted by atomic mass is 10.1. The minimum Gasteiger partial charge on any atom is -0.361 e. The predicted octanol–water partition coefficient (Wildman–Crippen LogP) is 2.48. The van der Waals surface area contributed by atoms with Crippen molar-refractivity contribution in [3.8, 4) is 0 Å². The molecule has 0 radical (unpaired) electrons.